The van der Waals surface area contributed by atoms with Crippen molar-refractivity contribution < 1.29 is 14.3 Å². The third-order valence-corrected chi connectivity index (χ3v) is 8.10. The van der Waals surface area contributed by atoms with Crippen LogP contribution in [0, 0.1) is 6.92 Å². The van der Waals surface area contributed by atoms with Gasteiger partial charge in [-0.3, -0.25) is 4.98 Å². The summed E-state index contributed by atoms with van der Waals surface area (Å²) < 4.78 is 6.53. The fourth-order valence-electron chi connectivity index (χ4n) is 3.75. The van der Waals surface area contributed by atoms with Gasteiger partial charge in [-0.2, -0.15) is 0 Å². The summed E-state index contributed by atoms with van der Waals surface area (Å²) in [5, 5.41) is 6.55. The molecule has 1 saturated heterocycles. The first-order valence-corrected chi connectivity index (χ1v) is 13.4. The molecule has 8 nitrogen and oxygen atoms in total. The number of aromatic nitrogens is 2. The maximum absolute atomic E-state index is 12.2. The molecular weight excluding hydrogens is 493 g/mol. The number of benzene rings is 1. The second-order valence-electron chi connectivity index (χ2n) is 8.11. The van der Waals surface area contributed by atoms with Gasteiger partial charge in [0.15, 0.2) is 0 Å². The summed E-state index contributed by atoms with van der Waals surface area (Å²) in [6, 6.07) is 12.8. The maximum atomic E-state index is 12.2. The summed E-state index contributed by atoms with van der Waals surface area (Å²) in [5.74, 6) is -0.448. The van der Waals surface area contributed by atoms with Gasteiger partial charge in [0.05, 0.1) is 0 Å². The Morgan fingerprint density at radius 1 is 1.24 bits per heavy atom. The van der Waals surface area contributed by atoms with Crippen molar-refractivity contribution in [2.24, 2.45) is 5.73 Å². The molecule has 3 heterocycles. The number of nitrogens with two attached hydrogens (primary N) is 1. The Balaban J connectivity index is 1.44. The molecule has 2 aromatic heterocycles. The normalized spacial score (nSPS) is 15.5. The molecule has 1 unspecified atom stereocenters. The molecule has 3 aromatic rings. The zero-order valence-corrected chi connectivity index (χ0v) is 20.8. The fourth-order valence-corrected chi connectivity index (χ4v) is 6.22. The van der Waals surface area contributed by atoms with Gasteiger partial charge in [0.25, 0.3) is 0 Å². The summed E-state index contributed by atoms with van der Waals surface area (Å²) in [4.78, 5) is 33.1. The van der Waals surface area contributed by atoms with E-state index in [0.29, 0.717) is 17.8 Å². The molecule has 1 aromatic carbocycles. The summed E-state index contributed by atoms with van der Waals surface area (Å²) in [7, 11) is 0. The van der Waals surface area contributed by atoms with Gasteiger partial charge in [0.2, 0.25) is 0 Å². The molecule has 1 radical (unpaired) electrons. The Kier molecular flexibility index (Phi) is 7.93. The zero-order valence-electron chi connectivity index (χ0n) is 19.0. The van der Waals surface area contributed by atoms with Gasteiger partial charge >= 0.3 is 176 Å². The van der Waals surface area contributed by atoms with Crippen LogP contribution < -0.4 is 20.8 Å². The number of anilines is 1. The van der Waals surface area contributed by atoms with Crippen LogP contribution >= 0.6 is 0 Å². The van der Waals surface area contributed by atoms with Crippen LogP contribution in [0.15, 0.2) is 54.9 Å². The van der Waals surface area contributed by atoms with Crippen LogP contribution in [-0.4, -0.2) is 50.4 Å². The summed E-state index contributed by atoms with van der Waals surface area (Å²) >= 11 is -0.343. The van der Waals surface area contributed by atoms with Gasteiger partial charge in [-0.1, -0.05) is 6.07 Å². The fraction of sp³-hybridized carbons (Fsp3) is 0.280. The number of urea groups is 1. The number of amides is 3. The SMILES string of the molecule is Cc1cc(C(N)=O)c([As]CC2CCCO2)nc1-c1ccc(NC(=O)NCc2cccnc2)cc1. The average molecular weight is 520 g/mol. The number of primary amides is 1. The Labute approximate surface area is 205 Å². The van der Waals surface area contributed by atoms with E-state index in [0.717, 1.165) is 51.5 Å². The van der Waals surface area contributed by atoms with E-state index in [-0.39, 0.29) is 27.9 Å². The topological polar surface area (TPSA) is 119 Å². The van der Waals surface area contributed by atoms with Crippen LogP contribution in [0.4, 0.5) is 10.5 Å². The van der Waals surface area contributed by atoms with Gasteiger partial charge in [0.1, 0.15) is 0 Å². The zero-order chi connectivity index (χ0) is 23.9. The number of nitrogens with one attached hydrogen (secondary N) is 2. The second-order valence-corrected chi connectivity index (χ2v) is 10.4. The van der Waals surface area contributed by atoms with Crippen molar-refractivity contribution in [2.75, 3.05) is 11.9 Å². The standard InChI is InChI=1S/C25H27AsN5O3/c1-16-12-21(24(27)32)23(26-13-20-5-3-11-34-20)31-22(16)18-6-8-19(9-7-18)30-25(33)29-15-17-4-2-10-28-14-17/h2,4,6-10,12,14,20H,3,5,11,13,15H2,1H3,(H2,27,32)(H2,29,30,33). The summed E-state index contributed by atoms with van der Waals surface area (Å²) in [5.41, 5.74) is 10.3. The quantitative estimate of drug-likeness (QED) is 0.395. The Hall–Kier alpha value is -3.22. The van der Waals surface area contributed by atoms with Crippen molar-refractivity contribution in [1.29, 1.82) is 0 Å². The number of pyridine rings is 2. The molecule has 3 amide bonds. The van der Waals surface area contributed by atoms with E-state index in [4.69, 9.17) is 15.5 Å². The van der Waals surface area contributed by atoms with Crippen molar-refractivity contribution in [3.05, 3.63) is 71.5 Å². The molecule has 1 aliphatic heterocycles. The molecular formula is C25H27AsN5O3. The third kappa shape index (κ3) is 6.21. The molecule has 0 spiro atoms. The van der Waals surface area contributed by atoms with Crippen molar-refractivity contribution in [3.63, 3.8) is 0 Å². The van der Waals surface area contributed by atoms with Crippen molar-refractivity contribution >= 4 is 37.9 Å². The first kappa shape index (κ1) is 23.9. The van der Waals surface area contributed by atoms with Crippen molar-refractivity contribution in [3.8, 4) is 11.3 Å². The molecule has 4 rings (SSSR count). The van der Waals surface area contributed by atoms with Crippen LogP contribution in [0.3, 0.4) is 0 Å². The number of carbonyl (C=O) groups is 2. The number of aryl methyl sites for hydroxylation is 1. The van der Waals surface area contributed by atoms with E-state index < -0.39 is 5.91 Å². The Morgan fingerprint density at radius 2 is 2.06 bits per heavy atom. The Bertz CT molecular complexity index is 1150. The first-order chi connectivity index (χ1) is 16.5. The number of nitrogens with zero attached hydrogens (tertiary/aromatic N) is 2. The van der Waals surface area contributed by atoms with E-state index >= 15 is 0 Å². The monoisotopic (exact) mass is 520 g/mol. The second kappa shape index (κ2) is 11.3. The Morgan fingerprint density at radius 3 is 2.74 bits per heavy atom. The number of hydrogen-bond acceptors (Lipinski definition) is 5. The van der Waals surface area contributed by atoms with Gasteiger partial charge in [0, 0.05) is 12.4 Å². The van der Waals surface area contributed by atoms with Crippen LogP contribution in [0.2, 0.25) is 5.21 Å². The predicted molar refractivity (Wildman–Crippen MR) is 132 cm³/mol. The van der Waals surface area contributed by atoms with E-state index in [1.165, 1.54) is 0 Å². The average Bonchev–Trinajstić information content (AvgIpc) is 3.37. The summed E-state index contributed by atoms with van der Waals surface area (Å²) in [6.45, 7) is 3.13. The molecule has 1 fully saturated rings. The molecule has 0 saturated carbocycles. The van der Waals surface area contributed by atoms with Crippen LogP contribution in [0.25, 0.3) is 11.3 Å². The minimum atomic E-state index is -0.448. The predicted octanol–water partition coefficient (Wildman–Crippen LogP) is 2.80. The van der Waals surface area contributed by atoms with E-state index in [2.05, 4.69) is 15.6 Å². The van der Waals surface area contributed by atoms with Gasteiger partial charge in [-0.05, 0) is 6.07 Å². The molecule has 9 heteroatoms. The number of rotatable bonds is 8. The molecule has 0 aliphatic carbocycles. The van der Waals surface area contributed by atoms with Crippen LogP contribution in [-0.2, 0) is 11.3 Å². The van der Waals surface area contributed by atoms with Crippen molar-refractivity contribution in [2.45, 2.75) is 37.6 Å². The van der Waals surface area contributed by atoms with E-state index in [1.807, 2.05) is 49.4 Å². The molecule has 34 heavy (non-hydrogen) atoms. The molecule has 1 aliphatic rings. The number of carbonyl (C=O) groups excluding carboxylic acids is 2. The molecule has 0 bridgehead atoms. The van der Waals surface area contributed by atoms with E-state index in [9.17, 15) is 9.59 Å². The van der Waals surface area contributed by atoms with Gasteiger partial charge < -0.3 is 0 Å². The van der Waals surface area contributed by atoms with Gasteiger partial charge in [-0.15, -0.1) is 0 Å². The summed E-state index contributed by atoms with van der Waals surface area (Å²) in [6.07, 6.45) is 5.80. The molecule has 175 valence electrons. The van der Waals surface area contributed by atoms with Crippen LogP contribution in [0.1, 0.15) is 34.3 Å². The first-order valence-electron chi connectivity index (χ1n) is 11.1. The van der Waals surface area contributed by atoms with Gasteiger partial charge in [-0.25, -0.2) is 0 Å². The number of hydrogen-bond donors (Lipinski definition) is 3. The van der Waals surface area contributed by atoms with Crippen molar-refractivity contribution in [1.82, 2.24) is 15.3 Å². The molecule has 1 atom stereocenters. The molecule has 4 N–H and O–H groups in total. The minimum absolute atomic E-state index is 0.252. The third-order valence-electron chi connectivity index (χ3n) is 5.52. The van der Waals surface area contributed by atoms with Crippen LogP contribution in [0.5, 0.6) is 0 Å². The number of ether oxygens (including phenoxy) is 1. The van der Waals surface area contributed by atoms with E-state index in [1.54, 1.807) is 12.4 Å².